The molecule has 1 aromatic carbocycles. The number of ether oxygens (including phenoxy) is 1. The van der Waals surface area contributed by atoms with Crippen LogP contribution in [0.25, 0.3) is 0 Å². The lowest BCUT2D eigenvalue weighted by Crippen LogP contribution is -2.31. The summed E-state index contributed by atoms with van der Waals surface area (Å²) < 4.78 is 19.2. The van der Waals surface area contributed by atoms with E-state index in [1.54, 1.807) is 12.1 Å². The summed E-state index contributed by atoms with van der Waals surface area (Å²) >= 11 is 3.20. The Balaban J connectivity index is 2.17. The topological polar surface area (TPSA) is 38.3 Å². The molecule has 0 bridgehead atoms. The lowest BCUT2D eigenvalue weighted by molar-refractivity contribution is -0.143. The summed E-state index contributed by atoms with van der Waals surface area (Å²) in [6.07, 6.45) is 2.34. The summed E-state index contributed by atoms with van der Waals surface area (Å²) in [6, 6.07) is 3.93. The molecule has 0 aliphatic heterocycles. The van der Waals surface area contributed by atoms with Gasteiger partial charge in [-0.25, -0.2) is 9.18 Å². The van der Waals surface area contributed by atoms with Crippen molar-refractivity contribution in [3.8, 4) is 0 Å². The van der Waals surface area contributed by atoms with E-state index in [0.29, 0.717) is 16.0 Å². The van der Waals surface area contributed by atoms with Crippen molar-refractivity contribution in [1.29, 1.82) is 0 Å². The molecular weight excluding hydrogens is 301 g/mol. The molecule has 1 unspecified atom stereocenters. The van der Waals surface area contributed by atoms with Gasteiger partial charge >= 0.3 is 5.97 Å². The minimum absolute atomic E-state index is 0.325. The van der Waals surface area contributed by atoms with Crippen LogP contribution in [0.5, 0.6) is 0 Å². The Morgan fingerprint density at radius 2 is 2.33 bits per heavy atom. The predicted molar refractivity (Wildman–Crippen MR) is 69.6 cm³/mol. The second kappa shape index (κ2) is 5.80. The summed E-state index contributed by atoms with van der Waals surface area (Å²) in [7, 11) is 1.31. The molecule has 0 radical (unpaired) electrons. The van der Waals surface area contributed by atoms with Crippen LogP contribution in [0.1, 0.15) is 24.4 Å². The van der Waals surface area contributed by atoms with Crippen molar-refractivity contribution >= 4 is 21.9 Å². The quantitative estimate of drug-likeness (QED) is 0.849. The zero-order valence-electron chi connectivity index (χ0n) is 10.1. The van der Waals surface area contributed by atoms with Crippen LogP contribution in [0, 0.1) is 11.7 Å². The maximum Gasteiger partial charge on any atom is 0.327 e. The van der Waals surface area contributed by atoms with Gasteiger partial charge in [0.25, 0.3) is 0 Å². The molecule has 98 valence electrons. The highest BCUT2D eigenvalue weighted by molar-refractivity contribution is 9.10. The number of carbonyl (C=O) groups is 1. The molecule has 1 aliphatic carbocycles. The summed E-state index contributed by atoms with van der Waals surface area (Å²) in [5.41, 5.74) is 0.325. The van der Waals surface area contributed by atoms with Gasteiger partial charge in [-0.15, -0.1) is 0 Å². The predicted octanol–water partition coefficient (Wildman–Crippen LogP) is 2.80. The zero-order valence-corrected chi connectivity index (χ0v) is 11.7. The van der Waals surface area contributed by atoms with Crippen LogP contribution in [0.4, 0.5) is 4.39 Å². The molecule has 1 aliphatic rings. The number of methoxy groups -OCH3 is 1. The zero-order chi connectivity index (χ0) is 13.1. The Kier molecular flexibility index (Phi) is 4.35. The molecule has 1 aromatic rings. The molecule has 1 saturated carbocycles. The minimum atomic E-state index is -0.733. The number of hydrogen-bond donors (Lipinski definition) is 1. The summed E-state index contributed by atoms with van der Waals surface area (Å²) in [5.74, 6) is -0.268. The molecule has 0 spiro atoms. The maximum absolute atomic E-state index is 13.9. The van der Waals surface area contributed by atoms with Gasteiger partial charge in [0, 0.05) is 10.0 Å². The number of nitrogens with one attached hydrogen (secondary N) is 1. The number of carbonyl (C=O) groups excluding carboxylic acids is 1. The van der Waals surface area contributed by atoms with Crippen LogP contribution in [0.2, 0.25) is 0 Å². The van der Waals surface area contributed by atoms with Crippen LogP contribution in [-0.2, 0) is 9.53 Å². The van der Waals surface area contributed by atoms with E-state index < -0.39 is 17.8 Å². The summed E-state index contributed by atoms with van der Waals surface area (Å²) in [6.45, 7) is 0.718. The van der Waals surface area contributed by atoms with Gasteiger partial charge in [-0.1, -0.05) is 22.0 Å². The van der Waals surface area contributed by atoms with Gasteiger partial charge in [-0.05, 0) is 37.4 Å². The van der Waals surface area contributed by atoms with Gasteiger partial charge in [0.05, 0.1) is 7.11 Å². The third-order valence-electron chi connectivity index (χ3n) is 3.02. The third kappa shape index (κ3) is 3.29. The molecule has 0 amide bonds. The Morgan fingerprint density at radius 3 is 2.89 bits per heavy atom. The first-order valence-corrected chi connectivity index (χ1v) is 6.67. The number of hydrogen-bond acceptors (Lipinski definition) is 3. The Labute approximate surface area is 114 Å². The molecule has 5 heteroatoms. The average Bonchev–Trinajstić information content (AvgIpc) is 3.15. The van der Waals surface area contributed by atoms with Gasteiger partial charge in [-0.2, -0.15) is 0 Å². The van der Waals surface area contributed by atoms with Crippen LogP contribution in [0.15, 0.2) is 22.7 Å². The highest BCUT2D eigenvalue weighted by atomic mass is 79.9. The van der Waals surface area contributed by atoms with E-state index >= 15 is 0 Å². The summed E-state index contributed by atoms with van der Waals surface area (Å²) in [5, 5.41) is 3.08. The summed E-state index contributed by atoms with van der Waals surface area (Å²) in [4.78, 5) is 11.7. The van der Waals surface area contributed by atoms with Crippen LogP contribution >= 0.6 is 15.9 Å². The van der Waals surface area contributed by atoms with E-state index in [2.05, 4.69) is 21.2 Å². The highest BCUT2D eigenvalue weighted by Gasteiger charge is 2.28. The molecule has 0 saturated heterocycles. The highest BCUT2D eigenvalue weighted by Crippen LogP contribution is 2.29. The molecular formula is C13H15BrFNO2. The Morgan fingerprint density at radius 1 is 1.61 bits per heavy atom. The normalized spacial score (nSPS) is 16.4. The lowest BCUT2D eigenvalue weighted by atomic mass is 10.1. The second-order valence-corrected chi connectivity index (χ2v) is 5.39. The van der Waals surface area contributed by atoms with Crippen molar-refractivity contribution in [3.63, 3.8) is 0 Å². The minimum Gasteiger partial charge on any atom is -0.468 e. The monoisotopic (exact) mass is 315 g/mol. The van der Waals surface area contributed by atoms with E-state index in [9.17, 15) is 9.18 Å². The van der Waals surface area contributed by atoms with Gasteiger partial charge in [0.2, 0.25) is 0 Å². The molecule has 1 fully saturated rings. The standard InChI is InChI=1S/C13H15BrFNO2/c1-18-13(17)12(16-7-8-2-3-8)10-5-4-9(14)6-11(10)15/h4-6,8,12,16H,2-3,7H2,1H3. The molecule has 0 heterocycles. The first kappa shape index (κ1) is 13.5. The number of benzene rings is 1. The van der Waals surface area contributed by atoms with E-state index in [0.717, 1.165) is 6.54 Å². The van der Waals surface area contributed by atoms with E-state index in [1.807, 2.05) is 0 Å². The maximum atomic E-state index is 13.9. The van der Waals surface area contributed by atoms with E-state index in [1.165, 1.54) is 26.0 Å². The van der Waals surface area contributed by atoms with E-state index in [-0.39, 0.29) is 0 Å². The number of halogens is 2. The first-order valence-electron chi connectivity index (χ1n) is 5.88. The smallest absolute Gasteiger partial charge is 0.327 e. The molecule has 1 N–H and O–H groups in total. The largest absolute Gasteiger partial charge is 0.468 e. The van der Waals surface area contributed by atoms with E-state index in [4.69, 9.17) is 4.74 Å². The van der Waals surface area contributed by atoms with Crippen molar-refractivity contribution in [2.45, 2.75) is 18.9 Å². The average molecular weight is 316 g/mol. The van der Waals surface area contributed by atoms with Crippen LogP contribution in [0.3, 0.4) is 0 Å². The van der Waals surface area contributed by atoms with Crippen molar-refractivity contribution in [1.82, 2.24) is 5.32 Å². The van der Waals surface area contributed by atoms with Crippen molar-refractivity contribution < 1.29 is 13.9 Å². The Bertz CT molecular complexity index is 449. The first-order chi connectivity index (χ1) is 8.61. The second-order valence-electron chi connectivity index (χ2n) is 4.47. The fourth-order valence-corrected chi connectivity index (χ4v) is 2.11. The van der Waals surface area contributed by atoms with Gasteiger partial charge < -0.3 is 10.1 Å². The molecule has 0 aromatic heterocycles. The molecule has 2 rings (SSSR count). The van der Waals surface area contributed by atoms with Crippen molar-refractivity contribution in [2.24, 2.45) is 5.92 Å². The third-order valence-corrected chi connectivity index (χ3v) is 3.51. The number of esters is 1. The Hall–Kier alpha value is -0.940. The fraction of sp³-hybridized carbons (Fsp3) is 0.462. The fourth-order valence-electron chi connectivity index (χ4n) is 1.78. The lowest BCUT2D eigenvalue weighted by Gasteiger charge is -2.17. The molecule has 1 atom stereocenters. The SMILES string of the molecule is COC(=O)C(NCC1CC1)c1ccc(Br)cc1F. The van der Waals surface area contributed by atoms with Gasteiger partial charge in [0.1, 0.15) is 11.9 Å². The number of rotatable bonds is 5. The van der Waals surface area contributed by atoms with Crippen LogP contribution < -0.4 is 5.32 Å². The molecule has 18 heavy (non-hydrogen) atoms. The van der Waals surface area contributed by atoms with Gasteiger partial charge in [-0.3, -0.25) is 0 Å². The molecule has 3 nitrogen and oxygen atoms in total. The van der Waals surface area contributed by atoms with Crippen molar-refractivity contribution in [2.75, 3.05) is 13.7 Å². The van der Waals surface area contributed by atoms with Gasteiger partial charge in [0.15, 0.2) is 0 Å². The van der Waals surface area contributed by atoms with Crippen LogP contribution in [-0.4, -0.2) is 19.6 Å². The van der Waals surface area contributed by atoms with Crippen molar-refractivity contribution in [3.05, 3.63) is 34.1 Å².